The minimum Gasteiger partial charge on any atom is -0.298 e. The summed E-state index contributed by atoms with van der Waals surface area (Å²) in [5, 5.41) is 0.700. The van der Waals surface area contributed by atoms with Gasteiger partial charge in [-0.15, -0.1) is 0 Å². The number of halogens is 1. The number of fused-ring (bicyclic) bond motifs is 1. The van der Waals surface area contributed by atoms with Gasteiger partial charge in [0.2, 0.25) is 0 Å². The zero-order valence-electron chi connectivity index (χ0n) is 8.69. The first-order chi connectivity index (χ1) is 7.74. The van der Waals surface area contributed by atoms with Gasteiger partial charge in [-0.3, -0.25) is 9.36 Å². The number of nitrogens with zero attached hydrogens (tertiary/aromatic N) is 2. The molecule has 0 aliphatic heterocycles. The first-order valence-corrected chi connectivity index (χ1v) is 6.18. The molecule has 1 aliphatic carbocycles. The Kier molecular flexibility index (Phi) is 2.32. The van der Waals surface area contributed by atoms with Crippen LogP contribution in [0.5, 0.6) is 0 Å². The maximum Gasteiger partial charge on any atom is 0.261 e. The Labute approximate surface area is 101 Å². The van der Waals surface area contributed by atoms with Gasteiger partial charge in [-0.05, 0) is 37.0 Å². The summed E-state index contributed by atoms with van der Waals surface area (Å²) in [5.41, 5.74) is 0.829. The van der Waals surface area contributed by atoms with Crippen LogP contribution in [0.25, 0.3) is 10.9 Å². The molecule has 3 nitrogen and oxygen atoms in total. The van der Waals surface area contributed by atoms with Gasteiger partial charge in [-0.25, -0.2) is 4.98 Å². The van der Waals surface area contributed by atoms with Crippen molar-refractivity contribution < 1.29 is 0 Å². The molecule has 2 aromatic rings. The van der Waals surface area contributed by atoms with Gasteiger partial charge in [0.25, 0.3) is 5.56 Å². The molecular formula is C12H11BrN2O. The fraction of sp³-hybridized carbons (Fsp3) is 0.333. The average molecular weight is 279 g/mol. The summed E-state index contributed by atoms with van der Waals surface area (Å²) in [6.45, 7) is 0.817. The van der Waals surface area contributed by atoms with Crippen LogP contribution in [0.15, 0.2) is 33.8 Å². The molecule has 0 radical (unpaired) electrons. The van der Waals surface area contributed by atoms with Crippen LogP contribution < -0.4 is 5.56 Å². The fourth-order valence-electron chi connectivity index (χ4n) is 1.84. The minimum absolute atomic E-state index is 0.0735. The Morgan fingerprint density at radius 1 is 1.44 bits per heavy atom. The molecule has 0 atom stereocenters. The summed E-state index contributed by atoms with van der Waals surface area (Å²) < 4.78 is 2.68. The Bertz CT molecular complexity index is 601. The molecule has 0 N–H and O–H groups in total. The van der Waals surface area contributed by atoms with Crippen molar-refractivity contribution in [3.05, 3.63) is 39.4 Å². The van der Waals surface area contributed by atoms with Gasteiger partial charge in [0, 0.05) is 11.0 Å². The predicted octanol–water partition coefficient (Wildman–Crippen LogP) is 2.57. The summed E-state index contributed by atoms with van der Waals surface area (Å²) in [7, 11) is 0. The molecule has 1 aromatic carbocycles. The number of benzene rings is 1. The second-order valence-electron chi connectivity index (χ2n) is 4.31. The third-order valence-corrected chi connectivity index (χ3v) is 3.43. The van der Waals surface area contributed by atoms with Gasteiger partial charge in [0.05, 0.1) is 17.2 Å². The molecule has 0 spiro atoms. The van der Waals surface area contributed by atoms with Crippen LogP contribution in [0.4, 0.5) is 0 Å². The maximum absolute atomic E-state index is 12.1. The van der Waals surface area contributed by atoms with Crippen LogP contribution >= 0.6 is 15.9 Å². The van der Waals surface area contributed by atoms with Gasteiger partial charge >= 0.3 is 0 Å². The monoisotopic (exact) mass is 278 g/mol. The average Bonchev–Trinajstić information content (AvgIpc) is 3.06. The molecule has 1 fully saturated rings. The smallest absolute Gasteiger partial charge is 0.261 e. The molecule has 1 aromatic heterocycles. The van der Waals surface area contributed by atoms with Crippen molar-refractivity contribution in [2.45, 2.75) is 19.4 Å². The van der Waals surface area contributed by atoms with E-state index in [9.17, 15) is 4.79 Å². The summed E-state index contributed by atoms with van der Waals surface area (Å²) in [5.74, 6) is 0.687. The highest BCUT2D eigenvalue weighted by Crippen LogP contribution is 2.30. The highest BCUT2D eigenvalue weighted by molar-refractivity contribution is 9.10. The lowest BCUT2D eigenvalue weighted by Crippen LogP contribution is -2.21. The maximum atomic E-state index is 12.1. The molecule has 3 rings (SSSR count). The van der Waals surface area contributed by atoms with E-state index in [0.29, 0.717) is 11.3 Å². The van der Waals surface area contributed by atoms with Gasteiger partial charge in [-0.2, -0.15) is 0 Å². The number of hydrogen-bond acceptors (Lipinski definition) is 2. The van der Waals surface area contributed by atoms with Crippen LogP contribution in [0.2, 0.25) is 0 Å². The normalized spacial score (nSPS) is 15.6. The molecule has 0 amide bonds. The molecule has 4 heteroatoms. The standard InChI is InChI=1S/C12H11BrN2O/c13-9-3-4-10-11(5-9)14-7-15(12(10)16)6-8-1-2-8/h3-5,7-8H,1-2,6H2. The van der Waals surface area contributed by atoms with E-state index in [1.165, 1.54) is 12.8 Å². The van der Waals surface area contributed by atoms with Crippen molar-refractivity contribution in [1.82, 2.24) is 9.55 Å². The minimum atomic E-state index is 0.0735. The van der Waals surface area contributed by atoms with Crippen molar-refractivity contribution in [3.8, 4) is 0 Å². The van der Waals surface area contributed by atoms with Gasteiger partial charge in [0.1, 0.15) is 0 Å². The SMILES string of the molecule is O=c1c2ccc(Br)cc2ncn1CC1CC1. The third kappa shape index (κ3) is 1.78. The number of rotatable bonds is 2. The van der Waals surface area contributed by atoms with Crippen molar-refractivity contribution in [1.29, 1.82) is 0 Å². The fourth-order valence-corrected chi connectivity index (χ4v) is 2.19. The van der Waals surface area contributed by atoms with E-state index in [4.69, 9.17) is 0 Å². The molecule has 0 bridgehead atoms. The Balaban J connectivity index is 2.15. The zero-order chi connectivity index (χ0) is 11.1. The highest BCUT2D eigenvalue weighted by Gasteiger charge is 2.22. The van der Waals surface area contributed by atoms with E-state index in [-0.39, 0.29) is 5.56 Å². The topological polar surface area (TPSA) is 34.9 Å². The van der Waals surface area contributed by atoms with Gasteiger partial charge < -0.3 is 0 Å². The van der Waals surface area contributed by atoms with E-state index in [2.05, 4.69) is 20.9 Å². The number of hydrogen-bond donors (Lipinski definition) is 0. The summed E-state index contributed by atoms with van der Waals surface area (Å²) in [4.78, 5) is 16.4. The zero-order valence-corrected chi connectivity index (χ0v) is 10.3. The first kappa shape index (κ1) is 10.0. The summed E-state index contributed by atoms with van der Waals surface area (Å²) in [6, 6.07) is 5.59. The lowest BCUT2D eigenvalue weighted by atomic mass is 10.2. The third-order valence-electron chi connectivity index (χ3n) is 2.94. The van der Waals surface area contributed by atoms with Crippen molar-refractivity contribution in [2.24, 2.45) is 5.92 Å². The van der Waals surface area contributed by atoms with Crippen molar-refractivity contribution in [2.75, 3.05) is 0 Å². The molecule has 1 saturated carbocycles. The van der Waals surface area contributed by atoms with Gasteiger partial charge in [0.15, 0.2) is 0 Å². The lowest BCUT2D eigenvalue weighted by Gasteiger charge is -2.05. The molecule has 1 aliphatic rings. The van der Waals surface area contributed by atoms with Crippen LogP contribution in [0, 0.1) is 5.92 Å². The second-order valence-corrected chi connectivity index (χ2v) is 5.22. The molecule has 1 heterocycles. The molecule has 82 valence electrons. The molecular weight excluding hydrogens is 268 g/mol. The van der Waals surface area contributed by atoms with Crippen LogP contribution in [0.1, 0.15) is 12.8 Å². The van der Waals surface area contributed by atoms with E-state index in [1.807, 2.05) is 18.2 Å². The second kappa shape index (κ2) is 3.70. The van der Waals surface area contributed by atoms with Crippen LogP contribution in [-0.2, 0) is 6.54 Å². The predicted molar refractivity (Wildman–Crippen MR) is 66.4 cm³/mol. The van der Waals surface area contributed by atoms with Crippen LogP contribution in [0.3, 0.4) is 0 Å². The quantitative estimate of drug-likeness (QED) is 0.846. The Morgan fingerprint density at radius 3 is 3.00 bits per heavy atom. The molecule has 16 heavy (non-hydrogen) atoms. The summed E-state index contributed by atoms with van der Waals surface area (Å²) in [6.07, 6.45) is 4.14. The molecule has 0 saturated heterocycles. The van der Waals surface area contributed by atoms with Crippen molar-refractivity contribution in [3.63, 3.8) is 0 Å². The van der Waals surface area contributed by atoms with E-state index >= 15 is 0 Å². The first-order valence-electron chi connectivity index (χ1n) is 5.39. The number of aromatic nitrogens is 2. The van der Waals surface area contributed by atoms with Crippen molar-refractivity contribution >= 4 is 26.8 Å². The largest absolute Gasteiger partial charge is 0.298 e. The van der Waals surface area contributed by atoms with E-state index < -0.39 is 0 Å². The van der Waals surface area contributed by atoms with E-state index in [1.54, 1.807) is 10.9 Å². The Morgan fingerprint density at radius 2 is 2.25 bits per heavy atom. The molecule has 0 unspecified atom stereocenters. The Hall–Kier alpha value is -1.16. The van der Waals surface area contributed by atoms with E-state index in [0.717, 1.165) is 16.5 Å². The highest BCUT2D eigenvalue weighted by atomic mass is 79.9. The lowest BCUT2D eigenvalue weighted by molar-refractivity contribution is 0.602. The van der Waals surface area contributed by atoms with Crippen LogP contribution in [-0.4, -0.2) is 9.55 Å². The summed E-state index contributed by atoms with van der Waals surface area (Å²) >= 11 is 3.38. The van der Waals surface area contributed by atoms with Gasteiger partial charge in [-0.1, -0.05) is 15.9 Å².